The van der Waals surface area contributed by atoms with E-state index < -0.39 is 0 Å². The second-order valence-corrected chi connectivity index (χ2v) is 5.37. The molecule has 0 saturated heterocycles. The van der Waals surface area contributed by atoms with Crippen molar-refractivity contribution >= 4 is 17.3 Å². The van der Waals surface area contributed by atoms with Crippen LogP contribution in [-0.4, -0.2) is 16.6 Å². The lowest BCUT2D eigenvalue weighted by Gasteiger charge is -2.07. The van der Waals surface area contributed by atoms with Crippen LogP contribution in [0.1, 0.15) is 25.5 Å². The first-order chi connectivity index (χ1) is 9.63. The number of hydrogen-bond donors (Lipinski definition) is 1. The molecule has 0 atom stereocenters. The van der Waals surface area contributed by atoms with Crippen molar-refractivity contribution < 1.29 is 9.47 Å². The molecule has 0 radical (unpaired) electrons. The van der Waals surface area contributed by atoms with Gasteiger partial charge in [0.2, 0.25) is 6.79 Å². The topological polar surface area (TPSA) is 48.3 Å². The quantitative estimate of drug-likeness (QED) is 0.938. The summed E-state index contributed by atoms with van der Waals surface area (Å²) in [6.07, 6.45) is 3.80. The lowest BCUT2D eigenvalue weighted by Crippen LogP contribution is -2.01. The van der Waals surface area contributed by atoms with E-state index in [0.29, 0.717) is 29.1 Å². The first-order valence-electron chi connectivity index (χ1n) is 6.49. The summed E-state index contributed by atoms with van der Waals surface area (Å²) in [6.45, 7) is 5.07. The summed E-state index contributed by atoms with van der Waals surface area (Å²) in [5.74, 6) is 1.33. The molecular weight excluding hydrogens is 278 g/mol. The number of anilines is 1. The Hall–Kier alpha value is -1.88. The van der Waals surface area contributed by atoms with Gasteiger partial charge in [0.15, 0.2) is 11.5 Å². The number of rotatable bonds is 4. The summed E-state index contributed by atoms with van der Waals surface area (Å²) >= 11 is 6.15. The van der Waals surface area contributed by atoms with Gasteiger partial charge < -0.3 is 14.8 Å². The SMILES string of the molecule is CC(C)n1cc(NCc2cc(Cl)c3c(c2)OCO3)cn1. The van der Waals surface area contributed by atoms with E-state index in [9.17, 15) is 0 Å². The molecule has 0 aliphatic carbocycles. The van der Waals surface area contributed by atoms with Crippen LogP contribution in [0.15, 0.2) is 24.5 Å². The average molecular weight is 294 g/mol. The van der Waals surface area contributed by atoms with E-state index in [1.165, 1.54) is 0 Å². The summed E-state index contributed by atoms with van der Waals surface area (Å²) in [7, 11) is 0. The Labute approximate surface area is 122 Å². The highest BCUT2D eigenvalue weighted by molar-refractivity contribution is 6.32. The molecule has 2 aromatic rings. The Morgan fingerprint density at radius 3 is 3.00 bits per heavy atom. The van der Waals surface area contributed by atoms with E-state index in [1.54, 1.807) is 0 Å². The lowest BCUT2D eigenvalue weighted by molar-refractivity contribution is 0.174. The molecule has 20 heavy (non-hydrogen) atoms. The van der Waals surface area contributed by atoms with E-state index in [2.05, 4.69) is 24.3 Å². The van der Waals surface area contributed by atoms with E-state index in [0.717, 1.165) is 11.3 Å². The molecule has 0 fully saturated rings. The van der Waals surface area contributed by atoms with Gasteiger partial charge in [0.05, 0.1) is 16.9 Å². The number of aromatic nitrogens is 2. The number of nitrogens with zero attached hydrogens (tertiary/aromatic N) is 2. The van der Waals surface area contributed by atoms with Crippen LogP contribution in [0.3, 0.4) is 0 Å². The number of halogens is 1. The molecule has 6 heteroatoms. The van der Waals surface area contributed by atoms with Crippen molar-refractivity contribution in [2.75, 3.05) is 12.1 Å². The fourth-order valence-electron chi connectivity index (χ4n) is 2.04. The molecule has 0 bridgehead atoms. The zero-order valence-electron chi connectivity index (χ0n) is 11.4. The first kappa shape index (κ1) is 13.1. The fraction of sp³-hybridized carbons (Fsp3) is 0.357. The third-order valence-corrected chi connectivity index (χ3v) is 3.39. The second kappa shape index (κ2) is 5.25. The molecule has 1 aliphatic rings. The lowest BCUT2D eigenvalue weighted by atomic mass is 10.2. The fourth-order valence-corrected chi connectivity index (χ4v) is 2.33. The number of hydrogen-bond acceptors (Lipinski definition) is 4. The first-order valence-corrected chi connectivity index (χ1v) is 6.87. The Morgan fingerprint density at radius 1 is 1.40 bits per heavy atom. The van der Waals surface area contributed by atoms with Gasteiger partial charge in [-0.25, -0.2) is 0 Å². The van der Waals surface area contributed by atoms with Crippen LogP contribution in [0.4, 0.5) is 5.69 Å². The van der Waals surface area contributed by atoms with Crippen LogP contribution in [0.25, 0.3) is 0 Å². The Bertz CT molecular complexity index is 625. The third-order valence-electron chi connectivity index (χ3n) is 3.11. The highest BCUT2D eigenvalue weighted by atomic mass is 35.5. The van der Waals surface area contributed by atoms with Crippen molar-refractivity contribution in [1.29, 1.82) is 0 Å². The number of nitrogens with one attached hydrogen (secondary N) is 1. The molecular formula is C14H16ClN3O2. The molecule has 0 spiro atoms. The minimum Gasteiger partial charge on any atom is -0.454 e. The molecule has 0 amide bonds. The summed E-state index contributed by atoms with van der Waals surface area (Å²) in [6, 6.07) is 4.17. The summed E-state index contributed by atoms with van der Waals surface area (Å²) in [5.41, 5.74) is 2.02. The maximum atomic E-state index is 6.15. The van der Waals surface area contributed by atoms with Crippen LogP contribution in [0.5, 0.6) is 11.5 Å². The van der Waals surface area contributed by atoms with Gasteiger partial charge in [-0.05, 0) is 31.5 Å². The van der Waals surface area contributed by atoms with Crippen molar-refractivity contribution in [3.8, 4) is 11.5 Å². The van der Waals surface area contributed by atoms with Gasteiger partial charge in [0.1, 0.15) is 0 Å². The van der Waals surface area contributed by atoms with Crippen LogP contribution in [-0.2, 0) is 6.54 Å². The monoisotopic (exact) mass is 293 g/mol. The largest absolute Gasteiger partial charge is 0.454 e. The van der Waals surface area contributed by atoms with E-state index in [-0.39, 0.29) is 6.79 Å². The summed E-state index contributed by atoms with van der Waals surface area (Å²) in [4.78, 5) is 0. The van der Waals surface area contributed by atoms with Gasteiger partial charge in [-0.1, -0.05) is 11.6 Å². The van der Waals surface area contributed by atoms with Crippen molar-refractivity contribution in [2.24, 2.45) is 0 Å². The molecule has 1 aromatic heterocycles. The Kier molecular flexibility index (Phi) is 3.44. The van der Waals surface area contributed by atoms with Gasteiger partial charge >= 0.3 is 0 Å². The molecule has 5 nitrogen and oxygen atoms in total. The Balaban J connectivity index is 1.70. The van der Waals surface area contributed by atoms with Gasteiger partial charge in [-0.2, -0.15) is 5.10 Å². The van der Waals surface area contributed by atoms with Gasteiger partial charge in [0.25, 0.3) is 0 Å². The van der Waals surface area contributed by atoms with Crippen LogP contribution >= 0.6 is 11.6 Å². The Morgan fingerprint density at radius 2 is 2.25 bits per heavy atom. The predicted octanol–water partition coefficient (Wildman–Crippen LogP) is 3.46. The summed E-state index contributed by atoms with van der Waals surface area (Å²) in [5, 5.41) is 8.18. The van der Waals surface area contributed by atoms with Crippen molar-refractivity contribution in [1.82, 2.24) is 9.78 Å². The van der Waals surface area contributed by atoms with Crippen LogP contribution in [0.2, 0.25) is 5.02 Å². The van der Waals surface area contributed by atoms with Crippen LogP contribution < -0.4 is 14.8 Å². The maximum absolute atomic E-state index is 6.15. The molecule has 0 saturated carbocycles. The maximum Gasteiger partial charge on any atom is 0.231 e. The molecule has 0 unspecified atom stereocenters. The van der Waals surface area contributed by atoms with Crippen molar-refractivity contribution in [3.05, 3.63) is 35.1 Å². The number of fused-ring (bicyclic) bond motifs is 1. The highest BCUT2D eigenvalue weighted by Crippen LogP contribution is 2.39. The molecule has 3 rings (SSSR count). The molecule has 1 aliphatic heterocycles. The van der Waals surface area contributed by atoms with Crippen molar-refractivity contribution in [2.45, 2.75) is 26.4 Å². The zero-order valence-corrected chi connectivity index (χ0v) is 12.1. The van der Waals surface area contributed by atoms with Gasteiger partial charge in [0, 0.05) is 18.8 Å². The van der Waals surface area contributed by atoms with Gasteiger partial charge in [-0.15, -0.1) is 0 Å². The third kappa shape index (κ3) is 2.54. The summed E-state index contributed by atoms with van der Waals surface area (Å²) < 4.78 is 12.6. The predicted molar refractivity (Wildman–Crippen MR) is 77.5 cm³/mol. The minimum atomic E-state index is 0.229. The number of benzene rings is 1. The molecule has 106 valence electrons. The van der Waals surface area contributed by atoms with E-state index in [4.69, 9.17) is 21.1 Å². The normalized spacial score (nSPS) is 13.0. The average Bonchev–Trinajstić information content (AvgIpc) is 3.05. The minimum absolute atomic E-state index is 0.229. The van der Waals surface area contributed by atoms with Crippen LogP contribution in [0, 0.1) is 0 Å². The molecule has 2 heterocycles. The standard InChI is InChI=1S/C14H16ClN3O2/c1-9(2)18-7-11(6-17-18)16-5-10-3-12(15)14-13(4-10)19-8-20-14/h3-4,6-7,9,16H,5,8H2,1-2H3. The van der Waals surface area contributed by atoms with E-state index >= 15 is 0 Å². The zero-order chi connectivity index (χ0) is 14.1. The van der Waals surface area contributed by atoms with Crippen molar-refractivity contribution in [3.63, 3.8) is 0 Å². The highest BCUT2D eigenvalue weighted by Gasteiger charge is 2.18. The van der Waals surface area contributed by atoms with Gasteiger partial charge in [-0.3, -0.25) is 4.68 Å². The second-order valence-electron chi connectivity index (χ2n) is 4.97. The molecule has 1 N–H and O–H groups in total. The number of ether oxygens (including phenoxy) is 2. The molecule has 1 aromatic carbocycles. The van der Waals surface area contributed by atoms with E-state index in [1.807, 2.05) is 29.2 Å². The smallest absolute Gasteiger partial charge is 0.231 e.